The summed E-state index contributed by atoms with van der Waals surface area (Å²) in [4.78, 5) is 11.8. The van der Waals surface area contributed by atoms with Gasteiger partial charge in [0.15, 0.2) is 0 Å². The molecule has 0 bridgehead atoms. The molecule has 0 spiro atoms. The van der Waals surface area contributed by atoms with Crippen molar-refractivity contribution in [3.8, 4) is 0 Å². The molecule has 0 fully saturated rings. The van der Waals surface area contributed by atoms with E-state index in [1.165, 1.54) is 30.3 Å². The van der Waals surface area contributed by atoms with Gasteiger partial charge in [0.1, 0.15) is 5.82 Å². The third-order valence-corrected chi connectivity index (χ3v) is 4.53. The second-order valence-electron chi connectivity index (χ2n) is 5.24. The number of anilines is 1. The van der Waals surface area contributed by atoms with Crippen LogP contribution in [0.25, 0.3) is 0 Å². The first-order valence-corrected chi connectivity index (χ1v) is 8.98. The van der Waals surface area contributed by atoms with Crippen LogP contribution in [0.15, 0.2) is 42.5 Å². The van der Waals surface area contributed by atoms with E-state index in [9.17, 15) is 17.6 Å². The minimum Gasteiger partial charge on any atom is -0.462 e. The molecule has 128 valence electrons. The average molecular weight is 351 g/mol. The predicted molar refractivity (Wildman–Crippen MR) is 89.8 cm³/mol. The van der Waals surface area contributed by atoms with Gasteiger partial charge in [0.05, 0.1) is 23.6 Å². The van der Waals surface area contributed by atoms with Crippen LogP contribution < -0.4 is 4.72 Å². The van der Waals surface area contributed by atoms with Crippen LogP contribution in [0, 0.1) is 12.7 Å². The van der Waals surface area contributed by atoms with Crippen LogP contribution in [0.3, 0.4) is 0 Å². The maximum Gasteiger partial charge on any atom is 0.338 e. The molecule has 7 heteroatoms. The van der Waals surface area contributed by atoms with E-state index < -0.39 is 21.8 Å². The van der Waals surface area contributed by atoms with Crippen molar-refractivity contribution in [3.63, 3.8) is 0 Å². The molecule has 2 aromatic rings. The normalized spacial score (nSPS) is 11.1. The molecule has 2 rings (SSSR count). The largest absolute Gasteiger partial charge is 0.462 e. The topological polar surface area (TPSA) is 72.5 Å². The maximum absolute atomic E-state index is 12.9. The van der Waals surface area contributed by atoms with E-state index in [-0.39, 0.29) is 17.9 Å². The van der Waals surface area contributed by atoms with Crippen LogP contribution >= 0.6 is 0 Å². The first-order valence-electron chi connectivity index (χ1n) is 7.33. The van der Waals surface area contributed by atoms with Gasteiger partial charge in [-0.05, 0) is 49.2 Å². The molecule has 0 aliphatic carbocycles. The van der Waals surface area contributed by atoms with Crippen molar-refractivity contribution in [2.75, 3.05) is 11.3 Å². The molecule has 0 saturated carbocycles. The van der Waals surface area contributed by atoms with Gasteiger partial charge in [-0.3, -0.25) is 4.72 Å². The van der Waals surface area contributed by atoms with Gasteiger partial charge in [-0.1, -0.05) is 18.2 Å². The number of nitrogens with one attached hydrogen (secondary N) is 1. The van der Waals surface area contributed by atoms with Gasteiger partial charge < -0.3 is 4.74 Å². The maximum atomic E-state index is 12.9. The molecule has 24 heavy (non-hydrogen) atoms. The fraction of sp³-hybridized carbons (Fsp3) is 0.235. The summed E-state index contributed by atoms with van der Waals surface area (Å²) in [5.74, 6) is -1.24. The fourth-order valence-corrected chi connectivity index (χ4v) is 3.34. The molecule has 0 atom stereocenters. The average Bonchev–Trinajstić information content (AvgIpc) is 2.51. The highest BCUT2D eigenvalue weighted by Gasteiger charge is 2.15. The molecular formula is C17H18FNO4S. The first kappa shape index (κ1) is 17.9. The molecule has 0 amide bonds. The molecule has 0 aliphatic heterocycles. The Balaban J connectivity index is 2.20. The number of esters is 1. The number of ether oxygens (including phenoxy) is 1. The molecule has 0 saturated heterocycles. The number of sulfonamides is 1. The summed E-state index contributed by atoms with van der Waals surface area (Å²) in [6.07, 6.45) is 0. The zero-order chi connectivity index (χ0) is 17.7. The second-order valence-corrected chi connectivity index (χ2v) is 6.96. The van der Waals surface area contributed by atoms with Crippen molar-refractivity contribution in [1.29, 1.82) is 0 Å². The molecule has 0 aliphatic rings. The van der Waals surface area contributed by atoms with Crippen molar-refractivity contribution >= 4 is 21.7 Å². The Kier molecular flexibility index (Phi) is 5.56. The van der Waals surface area contributed by atoms with Gasteiger partial charge in [0.2, 0.25) is 10.0 Å². The first-order chi connectivity index (χ1) is 11.3. The van der Waals surface area contributed by atoms with Gasteiger partial charge >= 0.3 is 5.97 Å². The fourth-order valence-electron chi connectivity index (χ4n) is 2.08. The predicted octanol–water partition coefficient (Wildman–Crippen LogP) is 3.25. The molecule has 1 N–H and O–H groups in total. The minimum absolute atomic E-state index is 0.234. The number of hydrogen-bond acceptors (Lipinski definition) is 4. The molecule has 0 unspecified atom stereocenters. The quantitative estimate of drug-likeness (QED) is 0.811. The van der Waals surface area contributed by atoms with E-state index in [1.54, 1.807) is 26.0 Å². The Morgan fingerprint density at radius 2 is 1.83 bits per heavy atom. The molecule has 0 heterocycles. The minimum atomic E-state index is -3.70. The van der Waals surface area contributed by atoms with Crippen LogP contribution in [0.2, 0.25) is 0 Å². The molecule has 0 aromatic heterocycles. The lowest BCUT2D eigenvalue weighted by Crippen LogP contribution is -2.16. The summed E-state index contributed by atoms with van der Waals surface area (Å²) in [5.41, 5.74) is 1.71. The Labute approximate surface area is 140 Å². The smallest absolute Gasteiger partial charge is 0.338 e. The van der Waals surface area contributed by atoms with E-state index in [0.717, 1.165) is 0 Å². The lowest BCUT2D eigenvalue weighted by atomic mass is 10.1. The monoisotopic (exact) mass is 351 g/mol. The number of aryl methyl sites for hydroxylation is 1. The van der Waals surface area contributed by atoms with E-state index >= 15 is 0 Å². The number of benzene rings is 2. The van der Waals surface area contributed by atoms with Crippen molar-refractivity contribution in [2.24, 2.45) is 0 Å². The van der Waals surface area contributed by atoms with Crippen molar-refractivity contribution in [3.05, 3.63) is 65.0 Å². The van der Waals surface area contributed by atoms with Crippen LogP contribution in [-0.2, 0) is 20.5 Å². The van der Waals surface area contributed by atoms with E-state index in [2.05, 4.69) is 4.72 Å². The molecular weight excluding hydrogens is 333 g/mol. The lowest BCUT2D eigenvalue weighted by Gasteiger charge is -2.12. The number of carbonyl (C=O) groups is 1. The summed E-state index contributed by atoms with van der Waals surface area (Å²) in [6.45, 7) is 3.65. The van der Waals surface area contributed by atoms with Crippen molar-refractivity contribution in [1.82, 2.24) is 0 Å². The summed E-state index contributed by atoms with van der Waals surface area (Å²) in [7, 11) is -3.70. The SMILES string of the molecule is CCOC(=O)c1ccc(C)c(NS(=O)(=O)Cc2ccc(F)cc2)c1. The highest BCUT2D eigenvalue weighted by molar-refractivity contribution is 7.91. The zero-order valence-electron chi connectivity index (χ0n) is 13.4. The summed E-state index contributed by atoms with van der Waals surface area (Å²) < 4.78 is 44.8. The summed E-state index contributed by atoms with van der Waals surface area (Å²) in [6, 6.07) is 9.89. The molecule has 2 aromatic carbocycles. The zero-order valence-corrected chi connectivity index (χ0v) is 14.2. The third kappa shape index (κ3) is 4.79. The highest BCUT2D eigenvalue weighted by atomic mass is 32.2. The van der Waals surface area contributed by atoms with E-state index in [1.807, 2.05) is 0 Å². The Bertz CT molecular complexity index is 832. The highest BCUT2D eigenvalue weighted by Crippen LogP contribution is 2.20. The number of halogens is 1. The number of rotatable bonds is 6. The third-order valence-electron chi connectivity index (χ3n) is 3.28. The molecule has 5 nitrogen and oxygen atoms in total. The Morgan fingerprint density at radius 1 is 1.17 bits per heavy atom. The molecule has 0 radical (unpaired) electrons. The van der Waals surface area contributed by atoms with E-state index in [0.29, 0.717) is 16.8 Å². The number of carbonyl (C=O) groups excluding carboxylic acids is 1. The second kappa shape index (κ2) is 7.44. The summed E-state index contributed by atoms with van der Waals surface area (Å²) >= 11 is 0. The van der Waals surface area contributed by atoms with E-state index in [4.69, 9.17) is 4.74 Å². The van der Waals surface area contributed by atoms with Gasteiger partial charge in [-0.25, -0.2) is 17.6 Å². The van der Waals surface area contributed by atoms with Gasteiger partial charge in [0.25, 0.3) is 0 Å². The Morgan fingerprint density at radius 3 is 2.46 bits per heavy atom. The lowest BCUT2D eigenvalue weighted by molar-refractivity contribution is 0.0526. The van der Waals surface area contributed by atoms with Crippen molar-refractivity contribution < 1.29 is 22.3 Å². The van der Waals surface area contributed by atoms with Crippen LogP contribution in [0.1, 0.15) is 28.4 Å². The number of hydrogen-bond donors (Lipinski definition) is 1. The van der Waals surface area contributed by atoms with Crippen LogP contribution in [0.5, 0.6) is 0 Å². The van der Waals surface area contributed by atoms with Crippen LogP contribution in [-0.4, -0.2) is 21.0 Å². The van der Waals surface area contributed by atoms with Gasteiger partial charge in [-0.15, -0.1) is 0 Å². The van der Waals surface area contributed by atoms with Crippen LogP contribution in [0.4, 0.5) is 10.1 Å². The van der Waals surface area contributed by atoms with Gasteiger partial charge in [0, 0.05) is 0 Å². The summed E-state index contributed by atoms with van der Waals surface area (Å²) in [5, 5.41) is 0. The standard InChI is InChI=1S/C17H18FNO4S/c1-3-23-17(20)14-7-4-12(2)16(10-14)19-24(21,22)11-13-5-8-15(18)9-6-13/h4-10,19H,3,11H2,1-2H3. The van der Waals surface area contributed by atoms with Gasteiger partial charge in [-0.2, -0.15) is 0 Å². The van der Waals surface area contributed by atoms with Crippen molar-refractivity contribution in [2.45, 2.75) is 19.6 Å². The Hall–Kier alpha value is -2.41.